The van der Waals surface area contributed by atoms with E-state index in [0.29, 0.717) is 0 Å². The van der Waals surface area contributed by atoms with Crippen molar-refractivity contribution in [1.82, 2.24) is 14.9 Å². The quantitative estimate of drug-likeness (QED) is 0.786. The van der Waals surface area contributed by atoms with Crippen LogP contribution in [0.25, 0.3) is 0 Å². The molecule has 0 aliphatic rings. The number of hydrogen-bond donors (Lipinski definition) is 2. The SMILES string of the molecule is CC(C)NC(=O)Cn1cncc1C(C)(C)N. The van der Waals surface area contributed by atoms with E-state index in [1.165, 1.54) is 0 Å². The first-order valence-corrected chi connectivity index (χ1v) is 5.39. The van der Waals surface area contributed by atoms with Crippen LogP contribution < -0.4 is 11.1 Å². The van der Waals surface area contributed by atoms with Gasteiger partial charge in [-0.05, 0) is 27.7 Å². The molecule has 1 aromatic rings. The third-order valence-corrected chi connectivity index (χ3v) is 2.14. The van der Waals surface area contributed by atoms with Crippen LogP contribution in [0.15, 0.2) is 12.5 Å². The fraction of sp³-hybridized carbons (Fsp3) is 0.636. The summed E-state index contributed by atoms with van der Waals surface area (Å²) in [5, 5.41) is 2.83. The largest absolute Gasteiger partial charge is 0.352 e. The Balaban J connectivity index is 2.75. The lowest BCUT2D eigenvalue weighted by Crippen LogP contribution is -2.36. The van der Waals surface area contributed by atoms with Crippen molar-refractivity contribution < 1.29 is 4.79 Å². The molecule has 1 heterocycles. The maximum Gasteiger partial charge on any atom is 0.240 e. The molecule has 0 aromatic carbocycles. The van der Waals surface area contributed by atoms with Gasteiger partial charge in [-0.3, -0.25) is 4.79 Å². The molecule has 90 valence electrons. The molecule has 16 heavy (non-hydrogen) atoms. The van der Waals surface area contributed by atoms with E-state index in [4.69, 9.17) is 5.73 Å². The monoisotopic (exact) mass is 224 g/mol. The highest BCUT2D eigenvalue weighted by atomic mass is 16.2. The molecule has 1 rings (SSSR count). The summed E-state index contributed by atoms with van der Waals surface area (Å²) in [4.78, 5) is 15.6. The number of aromatic nitrogens is 2. The molecule has 0 radical (unpaired) electrons. The number of imidazole rings is 1. The second-order valence-electron chi connectivity index (χ2n) is 4.85. The number of nitrogens with zero attached hydrogens (tertiary/aromatic N) is 2. The van der Waals surface area contributed by atoms with E-state index >= 15 is 0 Å². The fourth-order valence-electron chi connectivity index (χ4n) is 1.51. The van der Waals surface area contributed by atoms with Crippen molar-refractivity contribution in [2.75, 3.05) is 0 Å². The topological polar surface area (TPSA) is 72.9 Å². The van der Waals surface area contributed by atoms with Gasteiger partial charge in [0.15, 0.2) is 0 Å². The average molecular weight is 224 g/mol. The van der Waals surface area contributed by atoms with Crippen molar-refractivity contribution in [3.8, 4) is 0 Å². The molecule has 5 nitrogen and oxygen atoms in total. The van der Waals surface area contributed by atoms with Crippen LogP contribution in [0.1, 0.15) is 33.4 Å². The highest BCUT2D eigenvalue weighted by Crippen LogP contribution is 2.15. The summed E-state index contributed by atoms with van der Waals surface area (Å²) in [6.07, 6.45) is 3.33. The van der Waals surface area contributed by atoms with Gasteiger partial charge < -0.3 is 15.6 Å². The molecule has 1 aromatic heterocycles. The summed E-state index contributed by atoms with van der Waals surface area (Å²) in [6, 6.07) is 0.144. The van der Waals surface area contributed by atoms with Gasteiger partial charge in [0, 0.05) is 12.2 Å². The van der Waals surface area contributed by atoms with Crippen molar-refractivity contribution >= 4 is 5.91 Å². The molecular formula is C11H20N4O. The Morgan fingerprint density at radius 2 is 2.25 bits per heavy atom. The summed E-state index contributed by atoms with van der Waals surface area (Å²) in [7, 11) is 0. The van der Waals surface area contributed by atoms with Crippen LogP contribution in [0, 0.1) is 0 Å². The van der Waals surface area contributed by atoms with Crippen LogP contribution in [0.5, 0.6) is 0 Å². The molecule has 0 saturated carbocycles. The number of carbonyl (C=O) groups is 1. The van der Waals surface area contributed by atoms with Crippen LogP contribution >= 0.6 is 0 Å². The van der Waals surface area contributed by atoms with Gasteiger partial charge in [-0.2, -0.15) is 0 Å². The van der Waals surface area contributed by atoms with E-state index in [1.807, 2.05) is 27.7 Å². The van der Waals surface area contributed by atoms with Crippen LogP contribution in [0.4, 0.5) is 0 Å². The molecule has 0 atom stereocenters. The van der Waals surface area contributed by atoms with E-state index in [0.717, 1.165) is 5.69 Å². The van der Waals surface area contributed by atoms with Gasteiger partial charge in [0.25, 0.3) is 0 Å². The molecule has 0 bridgehead atoms. The van der Waals surface area contributed by atoms with Gasteiger partial charge in [-0.1, -0.05) is 0 Å². The molecule has 1 amide bonds. The van der Waals surface area contributed by atoms with Crippen LogP contribution in [-0.4, -0.2) is 21.5 Å². The molecule has 0 fully saturated rings. The highest BCUT2D eigenvalue weighted by Gasteiger charge is 2.20. The van der Waals surface area contributed by atoms with E-state index in [9.17, 15) is 4.79 Å². The zero-order chi connectivity index (χ0) is 12.3. The summed E-state index contributed by atoms with van der Waals surface area (Å²) in [5.41, 5.74) is 6.35. The van der Waals surface area contributed by atoms with E-state index in [2.05, 4.69) is 10.3 Å². The molecule has 0 saturated heterocycles. The van der Waals surface area contributed by atoms with Gasteiger partial charge in [-0.15, -0.1) is 0 Å². The van der Waals surface area contributed by atoms with Crippen molar-refractivity contribution in [1.29, 1.82) is 0 Å². The van der Waals surface area contributed by atoms with Crippen LogP contribution in [-0.2, 0) is 16.9 Å². The number of nitrogens with one attached hydrogen (secondary N) is 1. The standard InChI is InChI=1S/C11H20N4O/c1-8(2)14-10(16)6-15-7-13-5-9(15)11(3,4)12/h5,7-8H,6,12H2,1-4H3,(H,14,16). The minimum atomic E-state index is -0.491. The first-order chi connectivity index (χ1) is 7.30. The first kappa shape index (κ1) is 12.7. The number of amides is 1. The Kier molecular flexibility index (Phi) is 3.70. The van der Waals surface area contributed by atoms with Gasteiger partial charge in [0.05, 0.1) is 17.6 Å². The maximum atomic E-state index is 11.6. The molecule has 3 N–H and O–H groups in total. The van der Waals surface area contributed by atoms with Crippen LogP contribution in [0.3, 0.4) is 0 Å². The zero-order valence-corrected chi connectivity index (χ0v) is 10.3. The van der Waals surface area contributed by atoms with Crippen molar-refractivity contribution in [2.45, 2.75) is 45.8 Å². The second kappa shape index (κ2) is 4.65. The minimum absolute atomic E-state index is 0.0292. The summed E-state index contributed by atoms with van der Waals surface area (Å²) in [6.45, 7) is 7.90. The molecule has 0 aliphatic carbocycles. The second-order valence-corrected chi connectivity index (χ2v) is 4.85. The molecule has 0 unspecified atom stereocenters. The Morgan fingerprint density at radius 1 is 1.62 bits per heavy atom. The predicted octanol–water partition coefficient (Wildman–Crippen LogP) is 0.601. The molecule has 5 heteroatoms. The number of rotatable bonds is 4. The van der Waals surface area contributed by atoms with Crippen molar-refractivity contribution in [3.05, 3.63) is 18.2 Å². The lowest BCUT2D eigenvalue weighted by Gasteiger charge is -2.20. The van der Waals surface area contributed by atoms with E-state index in [1.54, 1.807) is 17.1 Å². The van der Waals surface area contributed by atoms with Gasteiger partial charge in [-0.25, -0.2) is 4.98 Å². The molecule has 0 spiro atoms. The minimum Gasteiger partial charge on any atom is -0.352 e. The molecule has 0 aliphatic heterocycles. The predicted molar refractivity (Wildman–Crippen MR) is 62.7 cm³/mol. The summed E-state index contributed by atoms with van der Waals surface area (Å²) < 4.78 is 1.78. The Hall–Kier alpha value is -1.36. The van der Waals surface area contributed by atoms with Crippen LogP contribution in [0.2, 0.25) is 0 Å². The Labute approximate surface area is 96.0 Å². The number of carbonyl (C=O) groups excluding carboxylic acids is 1. The smallest absolute Gasteiger partial charge is 0.240 e. The van der Waals surface area contributed by atoms with E-state index in [-0.39, 0.29) is 18.5 Å². The first-order valence-electron chi connectivity index (χ1n) is 5.39. The summed E-state index contributed by atoms with van der Waals surface area (Å²) >= 11 is 0. The lowest BCUT2D eigenvalue weighted by molar-refractivity contribution is -0.122. The zero-order valence-electron chi connectivity index (χ0n) is 10.3. The van der Waals surface area contributed by atoms with Crippen molar-refractivity contribution in [3.63, 3.8) is 0 Å². The maximum absolute atomic E-state index is 11.6. The average Bonchev–Trinajstić information content (AvgIpc) is 2.48. The lowest BCUT2D eigenvalue weighted by atomic mass is 10.0. The third-order valence-electron chi connectivity index (χ3n) is 2.14. The number of nitrogens with two attached hydrogens (primary N) is 1. The normalized spacial score (nSPS) is 11.9. The van der Waals surface area contributed by atoms with E-state index < -0.39 is 5.54 Å². The Bertz CT molecular complexity index is 362. The highest BCUT2D eigenvalue weighted by molar-refractivity contribution is 5.76. The summed E-state index contributed by atoms with van der Waals surface area (Å²) in [5.74, 6) is -0.0292. The van der Waals surface area contributed by atoms with Crippen molar-refractivity contribution in [2.24, 2.45) is 5.73 Å². The van der Waals surface area contributed by atoms with Gasteiger partial charge >= 0.3 is 0 Å². The third kappa shape index (κ3) is 3.34. The fourth-order valence-corrected chi connectivity index (χ4v) is 1.51. The van der Waals surface area contributed by atoms with Gasteiger partial charge in [0.2, 0.25) is 5.91 Å². The number of hydrogen-bond acceptors (Lipinski definition) is 3. The van der Waals surface area contributed by atoms with Gasteiger partial charge in [0.1, 0.15) is 6.54 Å². The molecular weight excluding hydrogens is 204 g/mol. The Morgan fingerprint density at radius 3 is 2.75 bits per heavy atom.